The summed E-state index contributed by atoms with van der Waals surface area (Å²) in [7, 11) is -2.95. The van der Waals surface area contributed by atoms with E-state index in [2.05, 4.69) is 18.7 Å². The van der Waals surface area contributed by atoms with Crippen molar-refractivity contribution in [3.05, 3.63) is 29.8 Å². The lowest BCUT2D eigenvalue weighted by atomic mass is 10.1. The summed E-state index contributed by atoms with van der Waals surface area (Å²) in [5, 5.41) is 0. The first-order chi connectivity index (χ1) is 16.8. The fourth-order valence-electron chi connectivity index (χ4n) is 4.44. The van der Waals surface area contributed by atoms with Crippen molar-refractivity contribution in [3.8, 4) is 0 Å². The summed E-state index contributed by atoms with van der Waals surface area (Å²) >= 11 is 0. The molecule has 1 fully saturated rings. The Labute approximate surface area is 218 Å². The van der Waals surface area contributed by atoms with Crippen molar-refractivity contribution in [2.45, 2.75) is 50.5 Å². The highest BCUT2D eigenvalue weighted by Crippen LogP contribution is 2.15. The number of carbonyl (C=O) groups excluding carboxylic acids is 1. The van der Waals surface area contributed by atoms with Crippen LogP contribution in [0.4, 0.5) is 0 Å². The van der Waals surface area contributed by atoms with Crippen LogP contribution >= 0.6 is 0 Å². The molecule has 206 valence electrons. The van der Waals surface area contributed by atoms with E-state index in [1.165, 1.54) is 10.6 Å². The van der Waals surface area contributed by atoms with Crippen molar-refractivity contribution in [1.29, 1.82) is 0 Å². The standard InChI is InChI=1S/C25H44N4O5S2/c1-6-27(22(2)20-23-10-12-24(13-11-23)35(5,31)32)14-7-8-15-28-16-9-17-29(21-25(28)30)36(33,34)19-18-26(3)4/h10-13,22H,6-9,14-21H2,1-5H3. The van der Waals surface area contributed by atoms with Crippen LogP contribution in [0.1, 0.15) is 38.7 Å². The Morgan fingerprint density at radius 1 is 1.00 bits per heavy atom. The topological polar surface area (TPSA) is 98.3 Å². The molecule has 0 radical (unpaired) electrons. The minimum absolute atomic E-state index is 0.0279. The number of nitrogens with zero attached hydrogens (tertiary/aromatic N) is 4. The van der Waals surface area contributed by atoms with Crippen LogP contribution in [0, 0.1) is 0 Å². The second-order valence-electron chi connectivity index (χ2n) is 9.99. The van der Waals surface area contributed by atoms with Crippen LogP contribution in [0.15, 0.2) is 29.2 Å². The van der Waals surface area contributed by atoms with Gasteiger partial charge in [-0.05, 0) is 77.5 Å². The predicted octanol–water partition coefficient (Wildman–Crippen LogP) is 1.55. The summed E-state index contributed by atoms with van der Waals surface area (Å²) in [6, 6.07) is 7.41. The monoisotopic (exact) mass is 544 g/mol. The van der Waals surface area contributed by atoms with Crippen LogP contribution in [0.3, 0.4) is 0 Å². The zero-order valence-electron chi connectivity index (χ0n) is 22.5. The minimum Gasteiger partial charge on any atom is -0.342 e. The Hall–Kier alpha value is -1.53. The first-order valence-corrected chi connectivity index (χ1v) is 16.3. The molecular formula is C25H44N4O5S2. The average Bonchev–Trinajstić information content (AvgIpc) is 2.99. The molecule has 0 bridgehead atoms. The number of benzene rings is 1. The molecule has 0 N–H and O–H groups in total. The highest BCUT2D eigenvalue weighted by atomic mass is 32.2. The van der Waals surface area contributed by atoms with E-state index in [1.807, 2.05) is 36.0 Å². The lowest BCUT2D eigenvalue weighted by Gasteiger charge is -2.28. The first kappa shape index (κ1) is 30.7. The number of amides is 1. The molecule has 1 saturated heterocycles. The van der Waals surface area contributed by atoms with Crippen molar-refractivity contribution < 1.29 is 21.6 Å². The molecule has 1 aromatic carbocycles. The maximum absolute atomic E-state index is 12.8. The number of hydrogen-bond acceptors (Lipinski definition) is 7. The quantitative estimate of drug-likeness (QED) is 0.328. The van der Waals surface area contributed by atoms with Gasteiger partial charge in [-0.25, -0.2) is 16.8 Å². The fourth-order valence-corrected chi connectivity index (χ4v) is 6.64. The molecule has 0 aliphatic carbocycles. The molecule has 2 rings (SSSR count). The van der Waals surface area contributed by atoms with Crippen LogP contribution < -0.4 is 0 Å². The summed E-state index contributed by atoms with van der Waals surface area (Å²) in [6.07, 6.45) is 4.52. The molecule has 0 saturated carbocycles. The van der Waals surface area contributed by atoms with E-state index < -0.39 is 19.9 Å². The third kappa shape index (κ3) is 9.74. The lowest BCUT2D eigenvalue weighted by molar-refractivity contribution is -0.130. The Balaban J connectivity index is 1.80. The van der Waals surface area contributed by atoms with Gasteiger partial charge < -0.3 is 14.7 Å². The normalized spacial score (nSPS) is 17.1. The summed E-state index contributed by atoms with van der Waals surface area (Å²) in [4.78, 5) is 19.1. The highest BCUT2D eigenvalue weighted by Gasteiger charge is 2.29. The molecule has 1 aliphatic heterocycles. The van der Waals surface area contributed by atoms with Gasteiger partial charge in [0.25, 0.3) is 0 Å². The van der Waals surface area contributed by atoms with Gasteiger partial charge in [0.2, 0.25) is 15.9 Å². The Morgan fingerprint density at radius 2 is 1.67 bits per heavy atom. The fraction of sp³-hybridized carbons (Fsp3) is 0.720. The molecule has 1 unspecified atom stereocenters. The molecule has 0 spiro atoms. The van der Waals surface area contributed by atoms with Crippen molar-refractivity contribution in [3.63, 3.8) is 0 Å². The number of likely N-dealkylation sites (N-methyl/N-ethyl adjacent to an activating group) is 1. The molecule has 1 amide bonds. The Bertz CT molecular complexity index is 1040. The van der Waals surface area contributed by atoms with Crippen LogP contribution in [-0.2, 0) is 31.1 Å². The maximum atomic E-state index is 12.8. The van der Waals surface area contributed by atoms with E-state index in [1.54, 1.807) is 12.1 Å². The molecule has 36 heavy (non-hydrogen) atoms. The third-order valence-electron chi connectivity index (χ3n) is 6.73. The van der Waals surface area contributed by atoms with Crippen molar-refractivity contribution >= 4 is 25.8 Å². The second kappa shape index (κ2) is 13.9. The predicted molar refractivity (Wildman–Crippen MR) is 144 cm³/mol. The lowest BCUT2D eigenvalue weighted by Crippen LogP contribution is -2.42. The molecular weight excluding hydrogens is 500 g/mol. The zero-order valence-corrected chi connectivity index (χ0v) is 24.2. The molecule has 11 heteroatoms. The number of rotatable bonds is 14. The van der Waals surface area contributed by atoms with Gasteiger partial charge in [0, 0.05) is 38.5 Å². The van der Waals surface area contributed by atoms with E-state index in [-0.39, 0.29) is 18.2 Å². The number of carbonyl (C=O) groups is 1. The molecule has 0 aromatic heterocycles. The Morgan fingerprint density at radius 3 is 2.25 bits per heavy atom. The number of unbranched alkanes of at least 4 members (excludes halogenated alkanes) is 1. The largest absolute Gasteiger partial charge is 0.342 e. The van der Waals surface area contributed by atoms with Crippen LogP contribution in [0.5, 0.6) is 0 Å². The van der Waals surface area contributed by atoms with Crippen molar-refractivity contribution in [2.24, 2.45) is 0 Å². The maximum Gasteiger partial charge on any atom is 0.237 e. The summed E-state index contributed by atoms with van der Waals surface area (Å²) in [5.41, 5.74) is 1.11. The van der Waals surface area contributed by atoms with Crippen LogP contribution in [-0.4, -0.2) is 120 Å². The molecule has 1 atom stereocenters. The molecule has 1 heterocycles. The molecule has 9 nitrogen and oxygen atoms in total. The first-order valence-electron chi connectivity index (χ1n) is 12.8. The SMILES string of the molecule is CCN(CCCCN1CCCN(S(=O)(=O)CCN(C)C)CC1=O)C(C)Cc1ccc(S(C)(=O)=O)cc1. The molecule has 1 aliphatic rings. The van der Waals surface area contributed by atoms with Gasteiger partial charge in [0.1, 0.15) is 0 Å². The summed E-state index contributed by atoms with van der Waals surface area (Å²) in [6.45, 7) is 8.13. The van der Waals surface area contributed by atoms with Gasteiger partial charge in [0.05, 0.1) is 17.2 Å². The summed E-state index contributed by atoms with van der Waals surface area (Å²) < 4.78 is 49.9. The van der Waals surface area contributed by atoms with E-state index in [0.717, 1.165) is 37.9 Å². The number of hydrogen-bond donors (Lipinski definition) is 0. The van der Waals surface area contributed by atoms with Crippen molar-refractivity contribution in [1.82, 2.24) is 19.0 Å². The minimum atomic E-state index is -3.44. The zero-order chi connectivity index (χ0) is 26.9. The smallest absolute Gasteiger partial charge is 0.237 e. The average molecular weight is 545 g/mol. The number of sulfone groups is 1. The molecule has 1 aromatic rings. The van der Waals surface area contributed by atoms with Gasteiger partial charge in [-0.15, -0.1) is 0 Å². The highest BCUT2D eigenvalue weighted by molar-refractivity contribution is 7.90. The van der Waals surface area contributed by atoms with E-state index in [4.69, 9.17) is 0 Å². The summed E-state index contributed by atoms with van der Waals surface area (Å²) in [5.74, 6) is -0.0839. The van der Waals surface area contributed by atoms with Gasteiger partial charge in [0.15, 0.2) is 9.84 Å². The van der Waals surface area contributed by atoms with Crippen LogP contribution in [0.2, 0.25) is 0 Å². The van der Waals surface area contributed by atoms with Gasteiger partial charge in [-0.1, -0.05) is 19.1 Å². The second-order valence-corrected chi connectivity index (χ2v) is 14.1. The van der Waals surface area contributed by atoms with E-state index >= 15 is 0 Å². The Kier molecular flexibility index (Phi) is 11.8. The third-order valence-corrected chi connectivity index (χ3v) is 9.65. The van der Waals surface area contributed by atoms with Crippen molar-refractivity contribution in [2.75, 3.05) is 71.9 Å². The van der Waals surface area contributed by atoms with E-state index in [9.17, 15) is 21.6 Å². The number of sulfonamides is 1. The van der Waals surface area contributed by atoms with E-state index in [0.29, 0.717) is 43.5 Å². The van der Waals surface area contributed by atoms with Gasteiger partial charge >= 0.3 is 0 Å². The van der Waals surface area contributed by atoms with Crippen LogP contribution in [0.25, 0.3) is 0 Å². The van der Waals surface area contributed by atoms with Gasteiger partial charge in [-0.3, -0.25) is 4.79 Å². The van der Waals surface area contributed by atoms with Gasteiger partial charge in [-0.2, -0.15) is 4.31 Å².